The van der Waals surface area contributed by atoms with Crippen LogP contribution in [0.25, 0.3) is 5.76 Å². The third kappa shape index (κ3) is 5.91. The molecular formula is C29H38N2O6. The molecule has 1 N–H and O–H groups in total. The van der Waals surface area contributed by atoms with Gasteiger partial charge in [0.05, 0.1) is 32.4 Å². The van der Waals surface area contributed by atoms with Crippen LogP contribution >= 0.6 is 0 Å². The summed E-state index contributed by atoms with van der Waals surface area (Å²) in [7, 11) is 3.08. The summed E-state index contributed by atoms with van der Waals surface area (Å²) in [6.07, 6.45) is 0.878. The maximum absolute atomic E-state index is 13.4. The van der Waals surface area contributed by atoms with Gasteiger partial charge in [0.25, 0.3) is 11.7 Å². The van der Waals surface area contributed by atoms with E-state index in [1.807, 2.05) is 13.8 Å². The van der Waals surface area contributed by atoms with Crippen LogP contribution in [-0.4, -0.2) is 73.6 Å². The standard InChI is InChI=1S/C29H38N2O6/c1-7-16-37-22-12-11-21(17-19(22)4)27(32)25-26(20-10-13-23(35-5)24(18-20)36-6)31(29(34)28(25)33)15-14-30(8-2)9-3/h10-13,17-18,26,32H,7-9,14-16H2,1-6H3/b27-25+. The number of carbonyl (C=O) groups excluding carboxylic acids is 2. The van der Waals surface area contributed by atoms with Gasteiger partial charge < -0.3 is 29.1 Å². The predicted octanol–water partition coefficient (Wildman–Crippen LogP) is 4.56. The van der Waals surface area contributed by atoms with Gasteiger partial charge in [0.15, 0.2) is 11.5 Å². The zero-order valence-electron chi connectivity index (χ0n) is 22.7. The molecule has 8 heteroatoms. The molecule has 1 aliphatic heterocycles. The molecule has 2 aromatic rings. The number of rotatable bonds is 12. The Labute approximate surface area is 219 Å². The summed E-state index contributed by atoms with van der Waals surface area (Å²) in [6, 6.07) is 9.77. The van der Waals surface area contributed by atoms with E-state index in [0.717, 1.165) is 30.8 Å². The molecule has 0 saturated carbocycles. The molecule has 3 rings (SSSR count). The van der Waals surface area contributed by atoms with Gasteiger partial charge in [0.1, 0.15) is 11.5 Å². The summed E-state index contributed by atoms with van der Waals surface area (Å²) in [5.74, 6) is 0.171. The number of likely N-dealkylation sites (tertiary alicyclic amines) is 1. The minimum atomic E-state index is -0.772. The molecule has 1 saturated heterocycles. The van der Waals surface area contributed by atoms with Gasteiger partial charge in [0.2, 0.25) is 0 Å². The molecule has 0 spiro atoms. The Balaban J connectivity index is 2.13. The maximum atomic E-state index is 13.4. The molecule has 8 nitrogen and oxygen atoms in total. The summed E-state index contributed by atoms with van der Waals surface area (Å²) in [5, 5.41) is 11.4. The quantitative estimate of drug-likeness (QED) is 0.254. The molecule has 0 radical (unpaired) electrons. The highest BCUT2D eigenvalue weighted by atomic mass is 16.5. The highest BCUT2D eigenvalue weighted by Gasteiger charge is 2.46. The first-order chi connectivity index (χ1) is 17.8. The number of likely N-dealkylation sites (N-methyl/N-ethyl adjacent to an activating group) is 1. The number of hydrogen-bond acceptors (Lipinski definition) is 7. The van der Waals surface area contributed by atoms with Crippen LogP contribution in [-0.2, 0) is 9.59 Å². The van der Waals surface area contributed by atoms with Crippen LogP contribution in [0, 0.1) is 6.92 Å². The monoisotopic (exact) mass is 510 g/mol. The van der Waals surface area contributed by atoms with Gasteiger partial charge in [-0.05, 0) is 67.9 Å². The van der Waals surface area contributed by atoms with Gasteiger partial charge >= 0.3 is 0 Å². The van der Waals surface area contributed by atoms with Crippen molar-refractivity contribution in [2.45, 2.75) is 40.2 Å². The van der Waals surface area contributed by atoms with Crippen LogP contribution in [0.1, 0.15) is 49.9 Å². The Bertz CT molecular complexity index is 1160. The fourth-order valence-electron chi connectivity index (χ4n) is 4.60. The molecule has 1 unspecified atom stereocenters. The highest BCUT2D eigenvalue weighted by molar-refractivity contribution is 6.46. The average molecular weight is 511 g/mol. The van der Waals surface area contributed by atoms with Crippen LogP contribution in [0.15, 0.2) is 42.0 Å². The van der Waals surface area contributed by atoms with E-state index in [4.69, 9.17) is 14.2 Å². The van der Waals surface area contributed by atoms with E-state index in [0.29, 0.717) is 42.3 Å². The predicted molar refractivity (Wildman–Crippen MR) is 143 cm³/mol. The molecule has 2 aromatic carbocycles. The van der Waals surface area contributed by atoms with Crippen molar-refractivity contribution in [3.8, 4) is 17.2 Å². The van der Waals surface area contributed by atoms with Crippen molar-refractivity contribution in [3.63, 3.8) is 0 Å². The van der Waals surface area contributed by atoms with Crippen LogP contribution < -0.4 is 14.2 Å². The fraction of sp³-hybridized carbons (Fsp3) is 0.448. The third-order valence-corrected chi connectivity index (χ3v) is 6.72. The lowest BCUT2D eigenvalue weighted by Gasteiger charge is -2.28. The van der Waals surface area contributed by atoms with Crippen molar-refractivity contribution >= 4 is 17.4 Å². The maximum Gasteiger partial charge on any atom is 0.295 e. The second-order valence-electron chi connectivity index (χ2n) is 8.96. The lowest BCUT2D eigenvalue weighted by molar-refractivity contribution is -0.140. The summed E-state index contributed by atoms with van der Waals surface area (Å²) in [4.78, 5) is 30.4. The van der Waals surface area contributed by atoms with E-state index in [1.54, 1.807) is 48.4 Å². The Morgan fingerprint density at radius 2 is 1.65 bits per heavy atom. The van der Waals surface area contributed by atoms with Gasteiger partial charge in [-0.15, -0.1) is 0 Å². The molecule has 1 heterocycles. The Morgan fingerprint density at radius 3 is 2.24 bits per heavy atom. The van der Waals surface area contributed by atoms with Gasteiger partial charge in [-0.3, -0.25) is 9.59 Å². The SMILES string of the molecule is CCCOc1ccc(/C(O)=C2\C(=O)C(=O)N(CCN(CC)CC)C2c2ccc(OC)c(OC)c2)cc1C. The zero-order valence-corrected chi connectivity index (χ0v) is 22.7. The normalized spacial score (nSPS) is 16.9. The summed E-state index contributed by atoms with van der Waals surface area (Å²) in [5.41, 5.74) is 1.99. The van der Waals surface area contributed by atoms with E-state index in [2.05, 4.69) is 18.7 Å². The van der Waals surface area contributed by atoms with Gasteiger partial charge in [-0.1, -0.05) is 26.8 Å². The molecular weight excluding hydrogens is 472 g/mol. The first-order valence-corrected chi connectivity index (χ1v) is 12.8. The number of aliphatic hydroxyl groups is 1. The number of benzene rings is 2. The highest BCUT2D eigenvalue weighted by Crippen LogP contribution is 2.42. The minimum Gasteiger partial charge on any atom is -0.507 e. The number of ether oxygens (including phenoxy) is 3. The third-order valence-electron chi connectivity index (χ3n) is 6.72. The average Bonchev–Trinajstić information content (AvgIpc) is 3.17. The van der Waals surface area contributed by atoms with Crippen molar-refractivity contribution in [1.82, 2.24) is 9.80 Å². The summed E-state index contributed by atoms with van der Waals surface area (Å²) < 4.78 is 16.6. The van der Waals surface area contributed by atoms with Crippen molar-refractivity contribution in [3.05, 3.63) is 58.7 Å². The smallest absolute Gasteiger partial charge is 0.295 e. The zero-order chi connectivity index (χ0) is 27.1. The molecule has 1 aliphatic rings. The lowest BCUT2D eigenvalue weighted by Crippen LogP contribution is -2.38. The molecule has 1 amide bonds. The van der Waals surface area contributed by atoms with Crippen molar-refractivity contribution in [2.75, 3.05) is 47.0 Å². The molecule has 1 fully saturated rings. The van der Waals surface area contributed by atoms with Crippen molar-refractivity contribution < 1.29 is 28.9 Å². The van der Waals surface area contributed by atoms with E-state index >= 15 is 0 Å². The largest absolute Gasteiger partial charge is 0.507 e. The van der Waals surface area contributed by atoms with Gasteiger partial charge in [-0.2, -0.15) is 0 Å². The number of aliphatic hydroxyl groups excluding tert-OH is 1. The second kappa shape index (κ2) is 12.6. The number of amides is 1. The van der Waals surface area contributed by atoms with E-state index in [1.165, 1.54) is 7.11 Å². The van der Waals surface area contributed by atoms with Gasteiger partial charge in [0, 0.05) is 18.7 Å². The first-order valence-electron chi connectivity index (χ1n) is 12.8. The number of hydrogen-bond donors (Lipinski definition) is 1. The Kier molecular flexibility index (Phi) is 9.58. The van der Waals surface area contributed by atoms with Crippen LogP contribution in [0.4, 0.5) is 0 Å². The molecule has 0 bridgehead atoms. The summed E-state index contributed by atoms with van der Waals surface area (Å²) >= 11 is 0. The molecule has 200 valence electrons. The minimum absolute atomic E-state index is 0.0541. The molecule has 37 heavy (non-hydrogen) atoms. The topological polar surface area (TPSA) is 88.5 Å². The van der Waals surface area contributed by atoms with E-state index in [-0.39, 0.29) is 11.3 Å². The number of ketones is 1. The van der Waals surface area contributed by atoms with Crippen LogP contribution in [0.3, 0.4) is 0 Å². The van der Waals surface area contributed by atoms with Gasteiger partial charge in [-0.25, -0.2) is 0 Å². The molecule has 0 aromatic heterocycles. The fourth-order valence-corrected chi connectivity index (χ4v) is 4.60. The van der Waals surface area contributed by atoms with E-state index in [9.17, 15) is 14.7 Å². The second-order valence-corrected chi connectivity index (χ2v) is 8.96. The Hall–Kier alpha value is -3.52. The molecule has 0 aliphatic carbocycles. The van der Waals surface area contributed by atoms with Crippen molar-refractivity contribution in [1.29, 1.82) is 0 Å². The number of aryl methyl sites for hydroxylation is 1. The Morgan fingerprint density at radius 1 is 0.973 bits per heavy atom. The number of nitrogens with zero attached hydrogens (tertiary/aromatic N) is 2. The molecule has 1 atom stereocenters. The first kappa shape index (κ1) is 28.1. The lowest BCUT2D eigenvalue weighted by atomic mass is 9.94. The number of methoxy groups -OCH3 is 2. The van der Waals surface area contributed by atoms with Crippen molar-refractivity contribution in [2.24, 2.45) is 0 Å². The summed E-state index contributed by atoms with van der Waals surface area (Å²) in [6.45, 7) is 11.2. The van der Waals surface area contributed by atoms with Crippen LogP contribution in [0.5, 0.6) is 17.2 Å². The van der Waals surface area contributed by atoms with Crippen LogP contribution in [0.2, 0.25) is 0 Å². The number of carbonyl (C=O) groups is 2. The van der Waals surface area contributed by atoms with E-state index < -0.39 is 17.7 Å². The number of Topliss-reactive ketones (excluding diaryl/α,β-unsaturated/α-hetero) is 1.